The number of rotatable bonds is 6. The first-order chi connectivity index (χ1) is 13.5. The van der Waals surface area contributed by atoms with Gasteiger partial charge in [-0.15, -0.1) is 0 Å². The molecule has 0 aromatic heterocycles. The Labute approximate surface area is 169 Å². The molecule has 4 heteroatoms. The zero-order valence-corrected chi connectivity index (χ0v) is 17.5. The van der Waals surface area contributed by atoms with Crippen molar-refractivity contribution in [2.45, 2.75) is 45.8 Å². The largest absolute Gasteiger partial charge is 0.490 e. The van der Waals surface area contributed by atoms with Gasteiger partial charge < -0.3 is 9.64 Å². The molecule has 0 spiro atoms. The monoisotopic (exact) mass is 380 g/mol. The molecule has 1 atom stereocenters. The van der Waals surface area contributed by atoms with E-state index in [9.17, 15) is 4.79 Å². The molecular formula is C24H32N2O2. The molecule has 0 N–H and O–H groups in total. The maximum atomic E-state index is 13.3. The van der Waals surface area contributed by atoms with E-state index in [1.54, 1.807) is 0 Å². The molecule has 0 radical (unpaired) electrons. The summed E-state index contributed by atoms with van der Waals surface area (Å²) in [7, 11) is 2.02. The third-order valence-corrected chi connectivity index (χ3v) is 5.82. The molecule has 0 aliphatic carbocycles. The topological polar surface area (TPSA) is 32.8 Å². The van der Waals surface area contributed by atoms with E-state index in [0.29, 0.717) is 0 Å². The standard InChI is InChI=1S/C24H32N2O2/c1-5-25(4)23(20-9-7-6-8-10-20)24(27)26-15-13-21(14-16-26)28-22-12-11-18(2)19(3)17-22/h6-12,17,21,23H,5,13-16H2,1-4H3. The van der Waals surface area contributed by atoms with E-state index >= 15 is 0 Å². The summed E-state index contributed by atoms with van der Waals surface area (Å²) in [6, 6.07) is 16.1. The first-order valence-electron chi connectivity index (χ1n) is 10.3. The van der Waals surface area contributed by atoms with E-state index in [1.807, 2.05) is 48.3 Å². The van der Waals surface area contributed by atoms with Crippen LogP contribution < -0.4 is 4.74 Å². The van der Waals surface area contributed by atoms with Crippen molar-refractivity contribution in [3.8, 4) is 5.75 Å². The summed E-state index contributed by atoms with van der Waals surface area (Å²) in [5.41, 5.74) is 3.59. The first-order valence-corrected chi connectivity index (χ1v) is 10.3. The lowest BCUT2D eigenvalue weighted by atomic mass is 10.0. The highest BCUT2D eigenvalue weighted by Gasteiger charge is 2.31. The van der Waals surface area contributed by atoms with Crippen LogP contribution in [-0.2, 0) is 4.79 Å². The van der Waals surface area contributed by atoms with E-state index in [2.05, 4.69) is 37.8 Å². The molecule has 4 nitrogen and oxygen atoms in total. The summed E-state index contributed by atoms with van der Waals surface area (Å²) in [6.07, 6.45) is 1.91. The van der Waals surface area contributed by atoms with E-state index in [4.69, 9.17) is 4.74 Å². The SMILES string of the molecule is CCN(C)C(C(=O)N1CCC(Oc2ccc(C)c(C)c2)CC1)c1ccccc1. The molecular weight excluding hydrogens is 348 g/mol. The second kappa shape index (κ2) is 9.24. The van der Waals surface area contributed by atoms with Crippen molar-refractivity contribution in [2.24, 2.45) is 0 Å². The summed E-state index contributed by atoms with van der Waals surface area (Å²) in [5, 5.41) is 0. The maximum Gasteiger partial charge on any atom is 0.244 e. The Balaban J connectivity index is 1.62. The van der Waals surface area contributed by atoms with Crippen LogP contribution in [0.4, 0.5) is 0 Å². The summed E-state index contributed by atoms with van der Waals surface area (Å²) in [4.78, 5) is 17.4. The smallest absolute Gasteiger partial charge is 0.244 e. The molecule has 3 rings (SSSR count). The van der Waals surface area contributed by atoms with Crippen LogP contribution in [0.25, 0.3) is 0 Å². The van der Waals surface area contributed by atoms with Crippen LogP contribution in [0.1, 0.15) is 42.5 Å². The lowest BCUT2D eigenvalue weighted by molar-refractivity contribution is -0.138. The molecule has 150 valence electrons. The number of ether oxygens (including phenoxy) is 1. The molecule has 1 aliphatic rings. The molecule has 2 aromatic carbocycles. The fraction of sp³-hybridized carbons (Fsp3) is 0.458. The van der Waals surface area contributed by atoms with Crippen LogP contribution >= 0.6 is 0 Å². The number of likely N-dealkylation sites (N-methyl/N-ethyl adjacent to an activating group) is 1. The van der Waals surface area contributed by atoms with E-state index in [0.717, 1.165) is 43.8 Å². The zero-order valence-electron chi connectivity index (χ0n) is 17.5. The van der Waals surface area contributed by atoms with Gasteiger partial charge in [0.15, 0.2) is 0 Å². The number of benzene rings is 2. The third-order valence-electron chi connectivity index (χ3n) is 5.82. The van der Waals surface area contributed by atoms with E-state index < -0.39 is 0 Å². The summed E-state index contributed by atoms with van der Waals surface area (Å²) >= 11 is 0. The van der Waals surface area contributed by atoms with Crippen LogP contribution in [-0.4, -0.2) is 48.5 Å². The second-order valence-electron chi connectivity index (χ2n) is 7.78. The molecule has 1 amide bonds. The van der Waals surface area contributed by atoms with Crippen molar-refractivity contribution in [1.29, 1.82) is 0 Å². The van der Waals surface area contributed by atoms with Gasteiger partial charge in [0.05, 0.1) is 0 Å². The molecule has 1 fully saturated rings. The van der Waals surface area contributed by atoms with Gasteiger partial charge in [0.1, 0.15) is 17.9 Å². The van der Waals surface area contributed by atoms with Crippen molar-refractivity contribution < 1.29 is 9.53 Å². The van der Waals surface area contributed by atoms with Crippen LogP contribution in [0.2, 0.25) is 0 Å². The number of piperidine rings is 1. The quantitative estimate of drug-likeness (QED) is 0.746. The predicted octanol–water partition coefficient (Wildman–Crippen LogP) is 4.37. The summed E-state index contributed by atoms with van der Waals surface area (Å²) in [5.74, 6) is 1.13. The number of amides is 1. The molecule has 2 aromatic rings. The minimum Gasteiger partial charge on any atom is -0.490 e. The van der Waals surface area contributed by atoms with Crippen molar-refractivity contribution in [2.75, 3.05) is 26.7 Å². The molecule has 1 aliphatic heterocycles. The van der Waals surface area contributed by atoms with Gasteiger partial charge in [-0.2, -0.15) is 0 Å². The number of carbonyl (C=O) groups excluding carboxylic acids is 1. The highest BCUT2D eigenvalue weighted by molar-refractivity contribution is 5.83. The van der Waals surface area contributed by atoms with Crippen LogP contribution in [0, 0.1) is 13.8 Å². The first kappa shape index (κ1) is 20.4. The van der Waals surface area contributed by atoms with Gasteiger partial charge in [-0.1, -0.05) is 43.3 Å². The van der Waals surface area contributed by atoms with Crippen molar-refractivity contribution in [1.82, 2.24) is 9.80 Å². The highest BCUT2D eigenvalue weighted by atomic mass is 16.5. The van der Waals surface area contributed by atoms with Crippen molar-refractivity contribution >= 4 is 5.91 Å². The maximum absolute atomic E-state index is 13.3. The van der Waals surface area contributed by atoms with Crippen LogP contribution in [0.3, 0.4) is 0 Å². The minimum absolute atomic E-state index is 0.172. The molecule has 28 heavy (non-hydrogen) atoms. The van der Waals surface area contributed by atoms with Crippen molar-refractivity contribution in [3.63, 3.8) is 0 Å². The highest BCUT2D eigenvalue weighted by Crippen LogP contribution is 2.26. The third kappa shape index (κ3) is 4.74. The Kier molecular flexibility index (Phi) is 6.74. The van der Waals surface area contributed by atoms with Gasteiger partial charge in [-0.25, -0.2) is 0 Å². The Morgan fingerprint density at radius 2 is 1.79 bits per heavy atom. The van der Waals surface area contributed by atoms with Gasteiger partial charge in [0.2, 0.25) is 5.91 Å². The fourth-order valence-corrected chi connectivity index (χ4v) is 3.75. The Morgan fingerprint density at radius 1 is 1.11 bits per heavy atom. The molecule has 0 saturated carbocycles. The summed E-state index contributed by atoms with van der Waals surface area (Å²) < 4.78 is 6.18. The van der Waals surface area contributed by atoms with Gasteiger partial charge in [-0.3, -0.25) is 9.69 Å². The van der Waals surface area contributed by atoms with E-state index in [1.165, 1.54) is 11.1 Å². The molecule has 1 saturated heterocycles. The minimum atomic E-state index is -0.219. The van der Waals surface area contributed by atoms with Crippen molar-refractivity contribution in [3.05, 3.63) is 65.2 Å². The number of likely N-dealkylation sites (tertiary alicyclic amines) is 1. The van der Waals surface area contributed by atoms with Gasteiger partial charge >= 0.3 is 0 Å². The predicted molar refractivity (Wildman–Crippen MR) is 114 cm³/mol. The van der Waals surface area contributed by atoms with E-state index in [-0.39, 0.29) is 18.1 Å². The van der Waals surface area contributed by atoms with Gasteiger partial charge in [-0.05, 0) is 56.3 Å². The van der Waals surface area contributed by atoms with Crippen LogP contribution in [0.5, 0.6) is 5.75 Å². The number of carbonyl (C=O) groups is 1. The van der Waals surface area contributed by atoms with Crippen LogP contribution in [0.15, 0.2) is 48.5 Å². The molecule has 1 heterocycles. The van der Waals surface area contributed by atoms with Gasteiger partial charge in [0, 0.05) is 25.9 Å². The number of nitrogens with zero attached hydrogens (tertiary/aromatic N) is 2. The number of hydrogen-bond acceptors (Lipinski definition) is 3. The number of hydrogen-bond donors (Lipinski definition) is 0. The van der Waals surface area contributed by atoms with Gasteiger partial charge in [0.25, 0.3) is 0 Å². The average Bonchev–Trinajstić information content (AvgIpc) is 2.72. The normalized spacial score (nSPS) is 16.2. The zero-order chi connectivity index (χ0) is 20.1. The average molecular weight is 381 g/mol. The number of aryl methyl sites for hydroxylation is 2. The second-order valence-corrected chi connectivity index (χ2v) is 7.78. The fourth-order valence-electron chi connectivity index (χ4n) is 3.75. The Morgan fingerprint density at radius 3 is 2.39 bits per heavy atom. The summed E-state index contributed by atoms with van der Waals surface area (Å²) in [6.45, 7) is 8.63. The molecule has 1 unspecified atom stereocenters. The Hall–Kier alpha value is -2.33. The lowest BCUT2D eigenvalue weighted by Crippen LogP contribution is -2.47. The Bertz CT molecular complexity index is 782. The molecule has 0 bridgehead atoms. The lowest BCUT2D eigenvalue weighted by Gasteiger charge is -2.36.